The Morgan fingerprint density at radius 2 is 1.76 bits per heavy atom. The van der Waals surface area contributed by atoms with Crippen molar-refractivity contribution in [2.45, 2.75) is 19.1 Å². The summed E-state index contributed by atoms with van der Waals surface area (Å²) in [7, 11) is 1.19. The summed E-state index contributed by atoms with van der Waals surface area (Å²) in [6.07, 6.45) is -0.707. The maximum atomic E-state index is 12.3. The van der Waals surface area contributed by atoms with Crippen molar-refractivity contribution >= 4 is 12.1 Å². The smallest absolute Gasteiger partial charge is 0.407 e. The Morgan fingerprint density at radius 1 is 1.04 bits per heavy atom. The van der Waals surface area contributed by atoms with E-state index in [1.807, 2.05) is 30.3 Å². The summed E-state index contributed by atoms with van der Waals surface area (Å²) in [5.41, 5.74) is 1.35. The highest BCUT2D eigenvalue weighted by Gasteiger charge is 2.23. The number of benzene rings is 2. The summed E-state index contributed by atoms with van der Waals surface area (Å²) in [5, 5.41) is 21.3. The van der Waals surface area contributed by atoms with Crippen molar-refractivity contribution in [3.05, 3.63) is 59.7 Å². The van der Waals surface area contributed by atoms with Gasteiger partial charge in [-0.1, -0.05) is 36.4 Å². The van der Waals surface area contributed by atoms with Crippen LogP contribution in [0.1, 0.15) is 11.1 Å². The fourth-order valence-corrected chi connectivity index (χ4v) is 2.16. The van der Waals surface area contributed by atoms with E-state index in [1.165, 1.54) is 25.3 Å². The van der Waals surface area contributed by atoms with E-state index in [9.17, 15) is 19.8 Å². The maximum Gasteiger partial charge on any atom is 0.407 e. The molecule has 0 saturated heterocycles. The number of phenolic OH excluding ortho intramolecular Hbond substituents is 2. The molecule has 2 rings (SSSR count). The van der Waals surface area contributed by atoms with Crippen molar-refractivity contribution in [1.82, 2.24) is 5.32 Å². The first-order valence-electron chi connectivity index (χ1n) is 7.55. The third-order valence-electron chi connectivity index (χ3n) is 3.47. The van der Waals surface area contributed by atoms with Gasteiger partial charge in [0.25, 0.3) is 0 Å². The Bertz CT molecular complexity index is 732. The molecule has 132 valence electrons. The second-order valence-electron chi connectivity index (χ2n) is 5.31. The summed E-state index contributed by atoms with van der Waals surface area (Å²) in [5.74, 6) is -1.22. The topological polar surface area (TPSA) is 105 Å². The van der Waals surface area contributed by atoms with E-state index in [4.69, 9.17) is 4.74 Å². The molecule has 3 N–H and O–H groups in total. The fraction of sp³-hybridized carbons (Fsp3) is 0.222. The van der Waals surface area contributed by atoms with Gasteiger partial charge in [-0.05, 0) is 23.3 Å². The molecule has 0 saturated carbocycles. The van der Waals surface area contributed by atoms with Crippen LogP contribution in [0.5, 0.6) is 11.5 Å². The van der Waals surface area contributed by atoms with E-state index in [1.54, 1.807) is 0 Å². The van der Waals surface area contributed by atoms with Gasteiger partial charge in [-0.3, -0.25) is 0 Å². The van der Waals surface area contributed by atoms with Crippen LogP contribution in [0, 0.1) is 0 Å². The first-order chi connectivity index (χ1) is 12.0. The first kappa shape index (κ1) is 18.1. The predicted molar refractivity (Wildman–Crippen MR) is 89.0 cm³/mol. The second kappa shape index (κ2) is 8.58. The largest absolute Gasteiger partial charge is 0.504 e. The van der Waals surface area contributed by atoms with Crippen LogP contribution >= 0.6 is 0 Å². The summed E-state index contributed by atoms with van der Waals surface area (Å²) in [4.78, 5) is 23.8. The number of methoxy groups -OCH3 is 1. The number of esters is 1. The average Bonchev–Trinajstić information content (AvgIpc) is 2.62. The highest BCUT2D eigenvalue weighted by Crippen LogP contribution is 2.25. The van der Waals surface area contributed by atoms with Gasteiger partial charge in [0.05, 0.1) is 7.11 Å². The number of carbonyl (C=O) groups excluding carboxylic acids is 2. The minimum atomic E-state index is -1.000. The van der Waals surface area contributed by atoms with Gasteiger partial charge in [0.2, 0.25) is 0 Å². The number of rotatable bonds is 6. The molecule has 0 bridgehead atoms. The lowest BCUT2D eigenvalue weighted by Gasteiger charge is -2.17. The van der Waals surface area contributed by atoms with Gasteiger partial charge >= 0.3 is 12.1 Å². The first-order valence-corrected chi connectivity index (χ1v) is 7.55. The van der Waals surface area contributed by atoms with Gasteiger partial charge in [0.1, 0.15) is 12.6 Å². The molecular formula is C18H19NO6. The Hall–Kier alpha value is -3.22. The lowest BCUT2D eigenvalue weighted by atomic mass is 10.1. The molecule has 2 aromatic rings. The van der Waals surface area contributed by atoms with Crippen molar-refractivity contribution in [1.29, 1.82) is 0 Å². The Balaban J connectivity index is 2.06. The Labute approximate surface area is 144 Å². The number of alkyl carbamates (subject to hydrolysis) is 1. The monoisotopic (exact) mass is 345 g/mol. The van der Waals surface area contributed by atoms with Gasteiger partial charge in [-0.2, -0.15) is 0 Å². The molecular weight excluding hydrogens is 326 g/mol. The molecule has 0 radical (unpaired) electrons. The Morgan fingerprint density at radius 3 is 2.40 bits per heavy atom. The SMILES string of the molecule is COC(=O)NC(Cc1ccc(O)c(O)c1)C(=O)OCc1ccccc1. The molecule has 0 fully saturated rings. The molecule has 1 amide bonds. The standard InChI is InChI=1S/C18H19NO6/c1-24-18(23)19-14(9-13-7-8-15(20)16(21)10-13)17(22)25-11-12-5-3-2-4-6-12/h2-8,10,14,20-21H,9,11H2,1H3,(H,19,23). The zero-order valence-corrected chi connectivity index (χ0v) is 13.6. The molecule has 25 heavy (non-hydrogen) atoms. The van der Waals surface area contributed by atoms with Crippen molar-refractivity contribution in [2.24, 2.45) is 0 Å². The number of ether oxygens (including phenoxy) is 2. The molecule has 0 aliphatic heterocycles. The summed E-state index contributed by atoms with van der Waals surface area (Å²) >= 11 is 0. The summed E-state index contributed by atoms with van der Waals surface area (Å²) in [6.45, 7) is 0.0693. The van der Waals surface area contributed by atoms with Crippen LogP contribution in [0.2, 0.25) is 0 Å². The number of nitrogens with one attached hydrogen (secondary N) is 1. The van der Waals surface area contributed by atoms with Crippen molar-refractivity contribution in [2.75, 3.05) is 7.11 Å². The van der Waals surface area contributed by atoms with Crippen LogP contribution in [0.3, 0.4) is 0 Å². The normalized spacial score (nSPS) is 11.4. The van der Waals surface area contributed by atoms with Crippen LogP contribution in [0.25, 0.3) is 0 Å². The highest BCUT2D eigenvalue weighted by molar-refractivity contribution is 5.81. The van der Waals surface area contributed by atoms with Gasteiger partial charge in [0.15, 0.2) is 11.5 Å². The third kappa shape index (κ3) is 5.42. The highest BCUT2D eigenvalue weighted by atomic mass is 16.5. The minimum absolute atomic E-state index is 0.0660. The number of hydrogen-bond donors (Lipinski definition) is 3. The van der Waals surface area contributed by atoms with Crippen molar-refractivity contribution in [3.63, 3.8) is 0 Å². The van der Waals surface area contributed by atoms with Crippen molar-refractivity contribution < 1.29 is 29.3 Å². The summed E-state index contributed by atoms with van der Waals surface area (Å²) < 4.78 is 9.77. The second-order valence-corrected chi connectivity index (χ2v) is 5.31. The van der Waals surface area contributed by atoms with Crippen LogP contribution in [-0.4, -0.2) is 35.4 Å². The molecule has 0 aliphatic rings. The van der Waals surface area contributed by atoms with Crippen LogP contribution in [0.15, 0.2) is 48.5 Å². The molecule has 0 aliphatic carbocycles. The molecule has 1 atom stereocenters. The maximum absolute atomic E-state index is 12.3. The quantitative estimate of drug-likeness (QED) is 0.547. The lowest BCUT2D eigenvalue weighted by Crippen LogP contribution is -2.43. The van der Waals surface area contributed by atoms with E-state index in [0.29, 0.717) is 5.56 Å². The van der Waals surface area contributed by atoms with Crippen molar-refractivity contribution in [3.8, 4) is 11.5 Å². The number of phenols is 2. The third-order valence-corrected chi connectivity index (χ3v) is 3.47. The zero-order chi connectivity index (χ0) is 18.2. The molecule has 0 heterocycles. The zero-order valence-electron chi connectivity index (χ0n) is 13.6. The molecule has 7 heteroatoms. The van der Waals surface area contributed by atoms with Crippen LogP contribution in [0.4, 0.5) is 4.79 Å². The number of hydrogen-bond acceptors (Lipinski definition) is 6. The molecule has 7 nitrogen and oxygen atoms in total. The number of carbonyl (C=O) groups is 2. The van der Waals surface area contributed by atoms with E-state index in [-0.39, 0.29) is 24.5 Å². The van der Waals surface area contributed by atoms with Gasteiger partial charge < -0.3 is 25.0 Å². The van der Waals surface area contributed by atoms with Gasteiger partial charge in [0, 0.05) is 6.42 Å². The van der Waals surface area contributed by atoms with Crippen LogP contribution in [-0.2, 0) is 27.3 Å². The minimum Gasteiger partial charge on any atom is -0.504 e. The average molecular weight is 345 g/mol. The summed E-state index contributed by atoms with van der Waals surface area (Å²) in [6, 6.07) is 12.3. The molecule has 0 aromatic heterocycles. The fourth-order valence-electron chi connectivity index (χ4n) is 2.16. The van der Waals surface area contributed by atoms with Gasteiger partial charge in [-0.15, -0.1) is 0 Å². The van der Waals surface area contributed by atoms with Crippen LogP contribution < -0.4 is 5.32 Å². The predicted octanol–water partition coefficient (Wildman–Crippen LogP) is 2.11. The molecule has 1 unspecified atom stereocenters. The number of aromatic hydroxyl groups is 2. The van der Waals surface area contributed by atoms with Gasteiger partial charge in [-0.25, -0.2) is 9.59 Å². The number of amides is 1. The van der Waals surface area contributed by atoms with E-state index in [2.05, 4.69) is 10.1 Å². The van der Waals surface area contributed by atoms with E-state index in [0.717, 1.165) is 5.56 Å². The van der Waals surface area contributed by atoms with E-state index >= 15 is 0 Å². The Kier molecular flexibility index (Phi) is 6.22. The lowest BCUT2D eigenvalue weighted by molar-refractivity contribution is -0.147. The molecule has 0 spiro atoms. The molecule has 2 aromatic carbocycles. The van der Waals surface area contributed by atoms with E-state index < -0.39 is 18.1 Å².